The van der Waals surface area contributed by atoms with Crippen molar-refractivity contribution in [2.24, 2.45) is 0 Å². The Morgan fingerprint density at radius 2 is 2.00 bits per heavy atom. The molecule has 0 aliphatic rings. The van der Waals surface area contributed by atoms with E-state index in [1.165, 1.54) is 19.4 Å². The Bertz CT molecular complexity index is 418. The Morgan fingerprint density at radius 3 is 2.50 bits per heavy atom. The third-order valence-electron chi connectivity index (χ3n) is 2.64. The van der Waals surface area contributed by atoms with Crippen molar-refractivity contribution in [1.82, 2.24) is 0 Å². The number of ketones is 1. The minimum absolute atomic E-state index is 0.00455. The van der Waals surface area contributed by atoms with Crippen LogP contribution in [0.15, 0.2) is 49.3 Å². The molecule has 3 heteroatoms. The summed E-state index contributed by atoms with van der Waals surface area (Å²) >= 11 is 0. The highest BCUT2D eigenvalue weighted by molar-refractivity contribution is 5.90. The molecule has 0 N–H and O–H groups in total. The summed E-state index contributed by atoms with van der Waals surface area (Å²) < 4.78 is 9.82. The summed E-state index contributed by atoms with van der Waals surface area (Å²) in [6.07, 6.45) is 4.98. The monoisotopic (exact) mass is 246 g/mol. The van der Waals surface area contributed by atoms with Crippen molar-refractivity contribution in [3.05, 3.63) is 54.8 Å². The zero-order valence-electron chi connectivity index (χ0n) is 10.8. The van der Waals surface area contributed by atoms with Gasteiger partial charge in [-0.3, -0.25) is 4.79 Å². The van der Waals surface area contributed by atoms with Crippen molar-refractivity contribution < 1.29 is 14.3 Å². The molecule has 0 fully saturated rings. The molecule has 3 nitrogen and oxygen atoms in total. The topological polar surface area (TPSA) is 35.5 Å². The average molecular weight is 246 g/mol. The Labute approximate surface area is 108 Å². The highest BCUT2D eigenvalue weighted by Gasteiger charge is 2.11. The molecule has 1 aromatic rings. The molecule has 0 saturated heterocycles. The number of carbonyl (C=O) groups is 1. The molecule has 0 aromatic heterocycles. The number of carbonyl (C=O) groups excluding carboxylic acids is 1. The standard InChI is InChI=1S/C15H18O3/c1-4-12(11-14(16)9-10-17-2)13-5-7-15(18-3)8-6-13/h4-10,12H,1,11H2,2-3H3/b10-9+/t12-/m0/s1. The van der Waals surface area contributed by atoms with E-state index in [1.54, 1.807) is 13.2 Å². The molecular weight excluding hydrogens is 228 g/mol. The second kappa shape index (κ2) is 7.33. The molecule has 0 heterocycles. The zero-order chi connectivity index (χ0) is 13.4. The van der Waals surface area contributed by atoms with E-state index >= 15 is 0 Å². The van der Waals surface area contributed by atoms with Gasteiger partial charge < -0.3 is 9.47 Å². The Balaban J connectivity index is 2.73. The summed E-state index contributed by atoms with van der Waals surface area (Å²) in [4.78, 5) is 11.6. The molecule has 0 saturated carbocycles. The van der Waals surface area contributed by atoms with Crippen molar-refractivity contribution in [1.29, 1.82) is 0 Å². The first-order valence-electron chi connectivity index (χ1n) is 5.70. The van der Waals surface area contributed by atoms with E-state index in [1.807, 2.05) is 24.3 Å². The minimum atomic E-state index is 0.00455. The summed E-state index contributed by atoms with van der Waals surface area (Å²) in [6, 6.07) is 7.64. The van der Waals surface area contributed by atoms with Crippen LogP contribution >= 0.6 is 0 Å². The normalized spacial score (nSPS) is 12.1. The van der Waals surface area contributed by atoms with Gasteiger partial charge in [-0.2, -0.15) is 0 Å². The fourth-order valence-electron chi connectivity index (χ4n) is 1.62. The minimum Gasteiger partial charge on any atom is -0.504 e. The summed E-state index contributed by atoms with van der Waals surface area (Å²) in [5.74, 6) is 0.814. The first kappa shape index (κ1) is 14.0. The molecule has 1 aromatic carbocycles. The maximum absolute atomic E-state index is 11.6. The number of hydrogen-bond donors (Lipinski definition) is 0. The van der Waals surface area contributed by atoms with Crippen molar-refractivity contribution in [3.63, 3.8) is 0 Å². The number of hydrogen-bond acceptors (Lipinski definition) is 3. The molecule has 0 unspecified atom stereocenters. The smallest absolute Gasteiger partial charge is 0.159 e. The predicted octanol–water partition coefficient (Wildman–Crippen LogP) is 3.08. The molecule has 0 bridgehead atoms. The lowest BCUT2D eigenvalue weighted by atomic mass is 9.94. The van der Waals surface area contributed by atoms with E-state index in [-0.39, 0.29) is 11.7 Å². The van der Waals surface area contributed by atoms with Crippen LogP contribution in [0.1, 0.15) is 17.9 Å². The highest BCUT2D eigenvalue weighted by atomic mass is 16.5. The fraction of sp³-hybridized carbons (Fsp3) is 0.267. The molecule has 1 rings (SSSR count). The van der Waals surface area contributed by atoms with E-state index < -0.39 is 0 Å². The van der Waals surface area contributed by atoms with Gasteiger partial charge in [0.25, 0.3) is 0 Å². The summed E-state index contributed by atoms with van der Waals surface area (Å²) in [6.45, 7) is 3.77. The second-order valence-corrected chi connectivity index (χ2v) is 3.82. The Hall–Kier alpha value is -2.03. The van der Waals surface area contributed by atoms with Gasteiger partial charge in [0.1, 0.15) is 5.75 Å². The van der Waals surface area contributed by atoms with Gasteiger partial charge in [-0.25, -0.2) is 0 Å². The number of rotatable bonds is 7. The van der Waals surface area contributed by atoms with Crippen LogP contribution in [0.2, 0.25) is 0 Å². The molecule has 0 radical (unpaired) electrons. The molecule has 0 amide bonds. The average Bonchev–Trinajstić information content (AvgIpc) is 2.42. The van der Waals surface area contributed by atoms with E-state index in [2.05, 4.69) is 6.58 Å². The summed E-state index contributed by atoms with van der Waals surface area (Å²) in [5.41, 5.74) is 1.05. The van der Waals surface area contributed by atoms with E-state index in [9.17, 15) is 4.79 Å². The number of ether oxygens (including phenoxy) is 2. The lowest BCUT2D eigenvalue weighted by molar-refractivity contribution is -0.114. The number of benzene rings is 1. The van der Waals surface area contributed by atoms with Gasteiger partial charge in [-0.1, -0.05) is 18.2 Å². The Kier molecular flexibility index (Phi) is 5.71. The van der Waals surface area contributed by atoms with Crippen LogP contribution in [0.4, 0.5) is 0 Å². The summed E-state index contributed by atoms with van der Waals surface area (Å²) in [7, 11) is 3.14. The van der Waals surface area contributed by atoms with Crippen molar-refractivity contribution >= 4 is 5.78 Å². The molecule has 18 heavy (non-hydrogen) atoms. The molecule has 1 atom stereocenters. The van der Waals surface area contributed by atoms with Gasteiger partial charge in [0.05, 0.1) is 20.5 Å². The number of methoxy groups -OCH3 is 2. The lowest BCUT2D eigenvalue weighted by Crippen LogP contribution is -2.02. The quantitative estimate of drug-likeness (QED) is 0.421. The summed E-state index contributed by atoms with van der Waals surface area (Å²) in [5, 5.41) is 0. The maximum Gasteiger partial charge on any atom is 0.159 e. The van der Waals surface area contributed by atoms with Crippen molar-refractivity contribution in [2.45, 2.75) is 12.3 Å². The maximum atomic E-state index is 11.6. The second-order valence-electron chi connectivity index (χ2n) is 3.82. The first-order chi connectivity index (χ1) is 8.71. The van der Waals surface area contributed by atoms with Crippen LogP contribution < -0.4 is 4.74 Å². The predicted molar refractivity (Wildman–Crippen MR) is 71.7 cm³/mol. The Morgan fingerprint density at radius 1 is 1.33 bits per heavy atom. The van der Waals surface area contributed by atoms with E-state index in [4.69, 9.17) is 9.47 Å². The van der Waals surface area contributed by atoms with Gasteiger partial charge >= 0.3 is 0 Å². The molecule has 0 aliphatic carbocycles. The third-order valence-corrected chi connectivity index (χ3v) is 2.64. The van der Waals surface area contributed by atoms with E-state index in [0.717, 1.165) is 11.3 Å². The van der Waals surface area contributed by atoms with Gasteiger partial charge in [-0.15, -0.1) is 6.58 Å². The van der Waals surface area contributed by atoms with Crippen molar-refractivity contribution in [2.75, 3.05) is 14.2 Å². The molecule has 96 valence electrons. The molecule has 0 spiro atoms. The van der Waals surface area contributed by atoms with Crippen molar-refractivity contribution in [3.8, 4) is 5.75 Å². The van der Waals surface area contributed by atoms with Gasteiger partial charge in [0, 0.05) is 18.4 Å². The van der Waals surface area contributed by atoms with Crippen LogP contribution in [-0.4, -0.2) is 20.0 Å². The van der Waals surface area contributed by atoms with Crippen LogP contribution in [0.25, 0.3) is 0 Å². The number of allylic oxidation sites excluding steroid dienone is 2. The van der Waals surface area contributed by atoms with E-state index in [0.29, 0.717) is 6.42 Å². The SMILES string of the molecule is C=C[C@@H](CC(=O)/C=C/OC)c1ccc(OC)cc1. The highest BCUT2D eigenvalue weighted by Crippen LogP contribution is 2.23. The van der Waals surface area contributed by atoms with Crippen LogP contribution in [0.3, 0.4) is 0 Å². The fourth-order valence-corrected chi connectivity index (χ4v) is 1.62. The van der Waals surface area contributed by atoms with Gasteiger partial charge in [0.2, 0.25) is 0 Å². The van der Waals surface area contributed by atoms with Gasteiger partial charge in [-0.05, 0) is 17.7 Å². The first-order valence-corrected chi connectivity index (χ1v) is 5.70. The zero-order valence-corrected chi connectivity index (χ0v) is 10.8. The molecular formula is C15H18O3. The van der Waals surface area contributed by atoms with Crippen LogP contribution in [0, 0.1) is 0 Å². The van der Waals surface area contributed by atoms with Crippen LogP contribution in [-0.2, 0) is 9.53 Å². The third kappa shape index (κ3) is 4.09. The largest absolute Gasteiger partial charge is 0.504 e. The lowest BCUT2D eigenvalue weighted by Gasteiger charge is -2.11. The van der Waals surface area contributed by atoms with Crippen LogP contribution in [0.5, 0.6) is 5.75 Å². The van der Waals surface area contributed by atoms with Gasteiger partial charge in [0.15, 0.2) is 5.78 Å². The molecule has 0 aliphatic heterocycles.